The monoisotopic (exact) mass is 863 g/mol. The number of rotatable bonds is 41. The summed E-state index contributed by atoms with van der Waals surface area (Å²) in [6.07, 6.45) is 59.9. The summed E-state index contributed by atoms with van der Waals surface area (Å²) >= 11 is 0. The minimum Gasteiger partial charge on any atom is -0.477 e. The van der Waals surface area contributed by atoms with Crippen LogP contribution in [0.5, 0.6) is 0 Å². The highest BCUT2D eigenvalue weighted by atomic mass is 16.6. The fourth-order valence-electron chi connectivity index (χ4n) is 6.43. The highest BCUT2D eigenvalue weighted by Crippen LogP contribution is 2.14. The summed E-state index contributed by atoms with van der Waals surface area (Å²) in [6, 6.07) is -0.629. The molecule has 0 amide bonds. The molecule has 0 saturated carbocycles. The lowest BCUT2D eigenvalue weighted by molar-refractivity contribution is -0.887. The number of likely N-dealkylation sites (N-methyl/N-ethyl adjacent to an activating group) is 1. The number of allylic oxidation sites excluding steroid dienone is 18. The standard InChI is InChI=1S/C54H87NO7/c1-6-8-10-12-14-16-18-20-22-24-25-26-27-29-31-33-35-37-39-41-43-45-53(57)62-50(48-60-47-46-51(54(58)59)55(3,4)5)49-61-52(56)44-42-40-38-36-34-32-30-28-23-21-19-17-15-13-11-9-7-2/h8-11,13-17,19-23,28,30,32,34,50-51H,6-7,12,18,24-27,29,31,33,35-49H2,1-5H3/p+1/b10-8+,11-9+,15-13+,16-14+,19-17+,22-20+,23-21+,30-28+,34-32+. The van der Waals surface area contributed by atoms with Crippen LogP contribution in [0.15, 0.2) is 109 Å². The second-order valence-corrected chi connectivity index (χ2v) is 16.8. The summed E-state index contributed by atoms with van der Waals surface area (Å²) in [5.41, 5.74) is 0. The van der Waals surface area contributed by atoms with Crippen molar-refractivity contribution in [2.45, 2.75) is 174 Å². The zero-order valence-electron chi connectivity index (χ0n) is 39.8. The lowest BCUT2D eigenvalue weighted by atomic mass is 10.0. The molecule has 8 heteroatoms. The fourth-order valence-corrected chi connectivity index (χ4v) is 6.43. The largest absolute Gasteiger partial charge is 0.477 e. The number of nitrogens with zero attached hydrogens (tertiary/aromatic N) is 1. The molecule has 62 heavy (non-hydrogen) atoms. The maximum absolute atomic E-state index is 12.8. The second-order valence-electron chi connectivity index (χ2n) is 16.8. The van der Waals surface area contributed by atoms with Crippen LogP contribution in [0.4, 0.5) is 0 Å². The van der Waals surface area contributed by atoms with Crippen molar-refractivity contribution in [1.29, 1.82) is 0 Å². The number of hydrogen-bond acceptors (Lipinski definition) is 6. The van der Waals surface area contributed by atoms with Gasteiger partial charge in [0.25, 0.3) is 0 Å². The van der Waals surface area contributed by atoms with Crippen molar-refractivity contribution in [3.05, 3.63) is 109 Å². The first-order chi connectivity index (χ1) is 30.1. The van der Waals surface area contributed by atoms with Gasteiger partial charge in [-0.1, -0.05) is 187 Å². The van der Waals surface area contributed by atoms with Crippen LogP contribution in [0.25, 0.3) is 0 Å². The summed E-state index contributed by atoms with van der Waals surface area (Å²) in [5, 5.41) is 9.64. The van der Waals surface area contributed by atoms with E-state index >= 15 is 0 Å². The molecule has 0 rings (SSSR count). The van der Waals surface area contributed by atoms with Gasteiger partial charge in [-0.25, -0.2) is 4.79 Å². The molecular formula is C54H88NO7+. The van der Waals surface area contributed by atoms with Gasteiger partial charge < -0.3 is 23.8 Å². The molecule has 0 bridgehead atoms. The molecule has 2 unspecified atom stereocenters. The molecule has 0 fully saturated rings. The van der Waals surface area contributed by atoms with Gasteiger partial charge in [0, 0.05) is 19.3 Å². The number of esters is 2. The highest BCUT2D eigenvalue weighted by molar-refractivity contribution is 5.72. The van der Waals surface area contributed by atoms with E-state index in [9.17, 15) is 19.5 Å². The molecule has 2 atom stereocenters. The van der Waals surface area contributed by atoms with Gasteiger partial charge in [-0.3, -0.25) is 9.59 Å². The number of quaternary nitrogens is 1. The Morgan fingerprint density at radius 3 is 1.47 bits per heavy atom. The van der Waals surface area contributed by atoms with Gasteiger partial charge in [0.2, 0.25) is 0 Å². The lowest BCUT2D eigenvalue weighted by Gasteiger charge is -2.31. The third-order valence-electron chi connectivity index (χ3n) is 10.1. The molecule has 0 aromatic rings. The van der Waals surface area contributed by atoms with Crippen molar-refractivity contribution in [3.63, 3.8) is 0 Å². The van der Waals surface area contributed by atoms with Crippen LogP contribution in [0.3, 0.4) is 0 Å². The first-order valence-corrected chi connectivity index (χ1v) is 24.0. The number of carboxylic acid groups (broad SMARTS) is 1. The van der Waals surface area contributed by atoms with Gasteiger partial charge in [0.1, 0.15) is 6.61 Å². The van der Waals surface area contributed by atoms with Crippen molar-refractivity contribution in [1.82, 2.24) is 0 Å². The van der Waals surface area contributed by atoms with Gasteiger partial charge in [-0.2, -0.15) is 0 Å². The maximum atomic E-state index is 12.8. The maximum Gasteiger partial charge on any atom is 0.362 e. The van der Waals surface area contributed by atoms with Gasteiger partial charge in [-0.05, 0) is 64.2 Å². The van der Waals surface area contributed by atoms with E-state index in [1.54, 1.807) is 0 Å². The Hall–Kier alpha value is -4.01. The van der Waals surface area contributed by atoms with Crippen LogP contribution in [-0.4, -0.2) is 80.6 Å². The van der Waals surface area contributed by atoms with Crippen LogP contribution >= 0.6 is 0 Å². The van der Waals surface area contributed by atoms with Gasteiger partial charge >= 0.3 is 17.9 Å². The minimum absolute atomic E-state index is 0.0382. The number of aliphatic carboxylic acids is 1. The van der Waals surface area contributed by atoms with Crippen molar-refractivity contribution in [3.8, 4) is 0 Å². The molecule has 0 aromatic heterocycles. The molecule has 0 aliphatic rings. The molecule has 8 nitrogen and oxygen atoms in total. The molecular weight excluding hydrogens is 775 g/mol. The van der Waals surface area contributed by atoms with E-state index in [1.807, 2.05) is 81.9 Å². The summed E-state index contributed by atoms with van der Waals surface area (Å²) in [5.74, 6) is -1.54. The van der Waals surface area contributed by atoms with E-state index in [0.717, 1.165) is 70.6 Å². The quantitative estimate of drug-likeness (QED) is 0.0215. The summed E-state index contributed by atoms with van der Waals surface area (Å²) in [7, 11) is 5.50. The first kappa shape index (κ1) is 58.0. The average Bonchev–Trinajstić information content (AvgIpc) is 3.23. The van der Waals surface area contributed by atoms with Crippen LogP contribution < -0.4 is 0 Å². The van der Waals surface area contributed by atoms with Crippen LogP contribution in [0.2, 0.25) is 0 Å². The fraction of sp³-hybridized carbons (Fsp3) is 0.611. The predicted molar refractivity (Wildman–Crippen MR) is 261 cm³/mol. The normalized spacial score (nSPS) is 13.9. The Morgan fingerprint density at radius 2 is 0.935 bits per heavy atom. The van der Waals surface area contributed by atoms with E-state index in [1.165, 1.54) is 57.8 Å². The Labute approximate surface area is 378 Å². The van der Waals surface area contributed by atoms with E-state index in [-0.39, 0.29) is 36.2 Å². The Balaban J connectivity index is 4.38. The topological polar surface area (TPSA) is 99.1 Å². The summed E-state index contributed by atoms with van der Waals surface area (Å²) in [6.45, 7) is 4.42. The van der Waals surface area contributed by atoms with Gasteiger partial charge in [0.15, 0.2) is 12.1 Å². The molecule has 1 N–H and O–H groups in total. The Kier molecular flexibility index (Phi) is 40.8. The lowest BCUT2D eigenvalue weighted by Crippen LogP contribution is -2.50. The summed E-state index contributed by atoms with van der Waals surface area (Å²) < 4.78 is 17.3. The molecule has 0 aromatic carbocycles. The molecule has 0 heterocycles. The second kappa shape index (κ2) is 43.6. The van der Waals surface area contributed by atoms with Gasteiger partial charge in [0.05, 0.1) is 34.4 Å². The number of carboxylic acids is 1. The van der Waals surface area contributed by atoms with Crippen molar-refractivity contribution >= 4 is 17.9 Å². The minimum atomic E-state index is -0.887. The van der Waals surface area contributed by atoms with Crippen molar-refractivity contribution < 1.29 is 38.2 Å². The SMILES string of the molecule is CC/C=C/C=C/C=C/C=C/C=C/C=C/CCCCCC(=O)OCC(COCCC(C(=O)O)[N+](C)(C)C)OC(=O)CCCCCCCCCCCCC/C=C/C/C=C/C/C=C/CC. The zero-order chi connectivity index (χ0) is 45.6. The molecule has 0 radical (unpaired) electrons. The average molecular weight is 863 g/mol. The van der Waals surface area contributed by atoms with Crippen LogP contribution in [0.1, 0.15) is 162 Å². The smallest absolute Gasteiger partial charge is 0.362 e. The number of carbonyl (C=O) groups excluding carboxylic acids is 2. The van der Waals surface area contributed by atoms with Crippen molar-refractivity contribution in [2.75, 3.05) is 41.0 Å². The first-order valence-electron chi connectivity index (χ1n) is 24.0. The third-order valence-corrected chi connectivity index (χ3v) is 10.1. The number of carbonyl (C=O) groups is 3. The molecule has 0 saturated heterocycles. The number of ether oxygens (including phenoxy) is 3. The Morgan fingerprint density at radius 1 is 0.500 bits per heavy atom. The molecule has 0 spiro atoms. The van der Waals surface area contributed by atoms with Crippen molar-refractivity contribution in [2.24, 2.45) is 0 Å². The van der Waals surface area contributed by atoms with E-state index in [4.69, 9.17) is 14.2 Å². The van der Waals surface area contributed by atoms with E-state index < -0.39 is 18.1 Å². The Bertz CT molecular complexity index is 1370. The zero-order valence-corrected chi connectivity index (χ0v) is 39.8. The number of hydrogen-bond donors (Lipinski definition) is 1. The molecule has 350 valence electrons. The molecule has 0 aliphatic heterocycles. The van der Waals surface area contributed by atoms with E-state index in [0.29, 0.717) is 19.3 Å². The predicted octanol–water partition coefficient (Wildman–Crippen LogP) is 13.6. The van der Waals surface area contributed by atoms with Gasteiger partial charge in [-0.15, -0.1) is 0 Å². The van der Waals surface area contributed by atoms with Crippen LogP contribution in [0, 0.1) is 0 Å². The third kappa shape index (κ3) is 41.3. The van der Waals surface area contributed by atoms with Crippen LogP contribution in [-0.2, 0) is 28.6 Å². The highest BCUT2D eigenvalue weighted by Gasteiger charge is 2.31. The van der Waals surface area contributed by atoms with E-state index in [2.05, 4.69) is 62.5 Å². The number of unbranched alkanes of at least 4 members (excludes halogenated alkanes) is 14. The summed E-state index contributed by atoms with van der Waals surface area (Å²) in [4.78, 5) is 37.1. The molecule has 0 aliphatic carbocycles.